The molecule has 1 atom stereocenters. The first-order valence-corrected chi connectivity index (χ1v) is 5.46. The number of aromatic nitrogens is 1. The lowest BCUT2D eigenvalue weighted by atomic mass is 9.99. The highest BCUT2D eigenvalue weighted by atomic mass is 35.5. The number of halogens is 1. The highest BCUT2D eigenvalue weighted by Gasteiger charge is 2.32. The lowest BCUT2D eigenvalue weighted by Gasteiger charge is -2.13. The van der Waals surface area contributed by atoms with Crippen molar-refractivity contribution in [1.82, 2.24) is 9.88 Å². The number of carbonyl (C=O) groups is 1. The molecule has 0 aliphatic carbocycles. The minimum absolute atomic E-state index is 0.113. The standard InChI is InChI=1S/C11H13ClN2O2/c1-14-6-5-8(11(14)15)7-3-4-9(12)13-10(7)16-2/h3-4,8H,5-6H2,1-2H3. The number of hydrogen-bond donors (Lipinski definition) is 0. The highest BCUT2D eigenvalue weighted by Crippen LogP contribution is 2.33. The molecule has 1 aromatic rings. The Morgan fingerprint density at radius 1 is 1.56 bits per heavy atom. The van der Waals surface area contributed by atoms with Crippen molar-refractivity contribution in [3.8, 4) is 5.88 Å². The summed E-state index contributed by atoms with van der Waals surface area (Å²) in [5.74, 6) is 0.410. The van der Waals surface area contributed by atoms with Gasteiger partial charge in [-0.15, -0.1) is 0 Å². The molecule has 1 aliphatic rings. The summed E-state index contributed by atoms with van der Waals surface area (Å²) >= 11 is 5.78. The summed E-state index contributed by atoms with van der Waals surface area (Å²) in [5.41, 5.74) is 0.821. The van der Waals surface area contributed by atoms with Crippen molar-refractivity contribution < 1.29 is 9.53 Å². The van der Waals surface area contributed by atoms with Gasteiger partial charge in [-0.3, -0.25) is 4.79 Å². The predicted octanol–water partition coefficient (Wildman–Crippen LogP) is 1.69. The van der Waals surface area contributed by atoms with Gasteiger partial charge in [0.05, 0.1) is 13.0 Å². The van der Waals surface area contributed by atoms with Crippen molar-refractivity contribution in [2.24, 2.45) is 0 Å². The zero-order valence-corrected chi connectivity index (χ0v) is 9.99. The van der Waals surface area contributed by atoms with E-state index in [2.05, 4.69) is 4.98 Å². The lowest BCUT2D eigenvalue weighted by Crippen LogP contribution is -2.22. The summed E-state index contributed by atoms with van der Waals surface area (Å²) in [6.07, 6.45) is 0.801. The third-order valence-corrected chi connectivity index (χ3v) is 3.06. The topological polar surface area (TPSA) is 42.4 Å². The number of ether oxygens (including phenoxy) is 1. The Balaban J connectivity index is 2.37. The molecule has 5 heteroatoms. The zero-order valence-electron chi connectivity index (χ0n) is 9.24. The van der Waals surface area contributed by atoms with E-state index in [0.29, 0.717) is 11.0 Å². The second-order valence-corrected chi connectivity index (χ2v) is 4.22. The molecule has 0 spiro atoms. The van der Waals surface area contributed by atoms with Gasteiger partial charge in [0.15, 0.2) is 0 Å². The molecular formula is C11H13ClN2O2. The van der Waals surface area contributed by atoms with Crippen molar-refractivity contribution in [3.63, 3.8) is 0 Å². The number of rotatable bonds is 2. The molecule has 86 valence electrons. The van der Waals surface area contributed by atoms with Crippen molar-refractivity contribution in [2.75, 3.05) is 20.7 Å². The number of nitrogens with zero attached hydrogens (tertiary/aromatic N) is 2. The third-order valence-electron chi connectivity index (χ3n) is 2.85. The van der Waals surface area contributed by atoms with E-state index < -0.39 is 0 Å². The number of amides is 1. The zero-order chi connectivity index (χ0) is 11.7. The fraction of sp³-hybridized carbons (Fsp3) is 0.455. The molecule has 1 unspecified atom stereocenters. The van der Waals surface area contributed by atoms with Gasteiger partial charge < -0.3 is 9.64 Å². The van der Waals surface area contributed by atoms with Gasteiger partial charge in [0.25, 0.3) is 0 Å². The first-order chi connectivity index (χ1) is 7.63. The van der Waals surface area contributed by atoms with Crippen LogP contribution in [0.3, 0.4) is 0 Å². The van der Waals surface area contributed by atoms with Crippen molar-refractivity contribution in [1.29, 1.82) is 0 Å². The van der Waals surface area contributed by atoms with Crippen molar-refractivity contribution in [3.05, 3.63) is 22.8 Å². The molecule has 0 bridgehead atoms. The molecule has 0 aromatic carbocycles. The minimum atomic E-state index is -0.148. The first-order valence-electron chi connectivity index (χ1n) is 5.09. The maximum absolute atomic E-state index is 11.9. The number of carbonyl (C=O) groups excluding carboxylic acids is 1. The predicted molar refractivity (Wildman–Crippen MR) is 60.8 cm³/mol. The van der Waals surface area contributed by atoms with Gasteiger partial charge in [-0.25, -0.2) is 4.98 Å². The summed E-state index contributed by atoms with van der Waals surface area (Å²) in [6, 6.07) is 3.50. The number of likely N-dealkylation sites (N-methyl/N-ethyl adjacent to an activating group) is 1. The van der Waals surface area contributed by atoms with Crippen LogP contribution >= 0.6 is 11.6 Å². The minimum Gasteiger partial charge on any atom is -0.481 e. The SMILES string of the molecule is COc1nc(Cl)ccc1C1CCN(C)C1=O. The summed E-state index contributed by atoms with van der Waals surface area (Å²) in [6.45, 7) is 0.773. The summed E-state index contributed by atoms with van der Waals surface area (Å²) in [4.78, 5) is 17.7. The number of pyridine rings is 1. The smallest absolute Gasteiger partial charge is 0.230 e. The Kier molecular flexibility index (Phi) is 3.01. The van der Waals surface area contributed by atoms with Crippen LogP contribution in [0.4, 0.5) is 0 Å². The van der Waals surface area contributed by atoms with Gasteiger partial charge in [0.1, 0.15) is 5.15 Å². The van der Waals surface area contributed by atoms with Gasteiger partial charge in [-0.2, -0.15) is 0 Å². The van der Waals surface area contributed by atoms with Gasteiger partial charge in [0, 0.05) is 19.2 Å². The number of methoxy groups -OCH3 is 1. The summed E-state index contributed by atoms with van der Waals surface area (Å²) < 4.78 is 5.16. The van der Waals surface area contributed by atoms with E-state index in [4.69, 9.17) is 16.3 Å². The summed E-state index contributed by atoms with van der Waals surface area (Å²) in [5, 5.41) is 0.374. The van der Waals surface area contributed by atoms with E-state index >= 15 is 0 Å². The van der Waals surface area contributed by atoms with Crippen LogP contribution in [-0.2, 0) is 4.79 Å². The fourth-order valence-electron chi connectivity index (χ4n) is 1.97. The number of likely N-dealkylation sites (tertiary alicyclic amines) is 1. The quantitative estimate of drug-likeness (QED) is 0.739. The van der Waals surface area contributed by atoms with Crippen LogP contribution in [0.2, 0.25) is 5.15 Å². The van der Waals surface area contributed by atoms with Gasteiger partial charge in [0.2, 0.25) is 11.8 Å². The molecule has 1 amide bonds. The van der Waals surface area contributed by atoms with Crippen LogP contribution in [0.25, 0.3) is 0 Å². The van der Waals surface area contributed by atoms with E-state index in [1.165, 1.54) is 7.11 Å². The van der Waals surface area contributed by atoms with Crippen molar-refractivity contribution in [2.45, 2.75) is 12.3 Å². The molecule has 2 heterocycles. The van der Waals surface area contributed by atoms with Crippen LogP contribution in [-0.4, -0.2) is 36.5 Å². The van der Waals surface area contributed by atoms with Crippen LogP contribution < -0.4 is 4.74 Å². The Labute approximate surface area is 99.2 Å². The van der Waals surface area contributed by atoms with Gasteiger partial charge >= 0.3 is 0 Å². The molecule has 0 radical (unpaired) electrons. The van der Waals surface area contributed by atoms with Crippen LogP contribution in [0.5, 0.6) is 5.88 Å². The second-order valence-electron chi connectivity index (χ2n) is 3.83. The largest absolute Gasteiger partial charge is 0.481 e. The van der Waals surface area contributed by atoms with E-state index in [1.807, 2.05) is 6.07 Å². The average molecular weight is 241 g/mol. The van der Waals surface area contributed by atoms with E-state index in [1.54, 1.807) is 18.0 Å². The molecule has 0 N–H and O–H groups in total. The van der Waals surface area contributed by atoms with Gasteiger partial charge in [-0.1, -0.05) is 11.6 Å². The Hall–Kier alpha value is -1.29. The molecule has 1 saturated heterocycles. The molecule has 0 saturated carbocycles. The molecule has 1 fully saturated rings. The summed E-state index contributed by atoms with van der Waals surface area (Å²) in [7, 11) is 3.34. The number of hydrogen-bond acceptors (Lipinski definition) is 3. The molecule has 1 aromatic heterocycles. The van der Waals surface area contributed by atoms with E-state index in [-0.39, 0.29) is 11.8 Å². The normalized spacial score (nSPS) is 20.3. The van der Waals surface area contributed by atoms with Crippen LogP contribution in [0, 0.1) is 0 Å². The van der Waals surface area contributed by atoms with E-state index in [9.17, 15) is 4.79 Å². The van der Waals surface area contributed by atoms with Crippen LogP contribution in [0.15, 0.2) is 12.1 Å². The first kappa shape index (κ1) is 11.2. The monoisotopic (exact) mass is 240 g/mol. The fourth-order valence-corrected chi connectivity index (χ4v) is 2.11. The highest BCUT2D eigenvalue weighted by molar-refractivity contribution is 6.29. The van der Waals surface area contributed by atoms with Gasteiger partial charge in [-0.05, 0) is 18.6 Å². The molecule has 4 nitrogen and oxygen atoms in total. The molecule has 1 aliphatic heterocycles. The third kappa shape index (κ3) is 1.85. The van der Waals surface area contributed by atoms with E-state index in [0.717, 1.165) is 18.5 Å². The Morgan fingerprint density at radius 3 is 2.88 bits per heavy atom. The Bertz CT molecular complexity index is 422. The average Bonchev–Trinajstić information content (AvgIpc) is 2.60. The van der Waals surface area contributed by atoms with Crippen LogP contribution in [0.1, 0.15) is 17.9 Å². The molecular weight excluding hydrogens is 228 g/mol. The maximum atomic E-state index is 11.9. The molecule has 16 heavy (non-hydrogen) atoms. The lowest BCUT2D eigenvalue weighted by molar-refractivity contribution is -0.127. The Morgan fingerprint density at radius 2 is 2.31 bits per heavy atom. The second kappa shape index (κ2) is 4.29. The van der Waals surface area contributed by atoms with Crippen molar-refractivity contribution >= 4 is 17.5 Å². The maximum Gasteiger partial charge on any atom is 0.230 e. The molecule has 2 rings (SSSR count).